The van der Waals surface area contributed by atoms with Gasteiger partial charge in [0.2, 0.25) is 0 Å². The minimum absolute atomic E-state index is 0.161. The summed E-state index contributed by atoms with van der Waals surface area (Å²) in [5.74, 6) is 1.23. The van der Waals surface area contributed by atoms with Crippen molar-refractivity contribution in [1.82, 2.24) is 0 Å². The lowest BCUT2D eigenvalue weighted by Gasteiger charge is -2.11. The van der Waals surface area contributed by atoms with Gasteiger partial charge in [0.1, 0.15) is 17.3 Å². The van der Waals surface area contributed by atoms with Crippen LogP contribution in [0.15, 0.2) is 53.1 Å². The minimum Gasteiger partial charge on any atom is -0.507 e. The maximum atomic E-state index is 13.0. The number of hydrogen-bond acceptors (Lipinski definition) is 4. The Labute approximate surface area is 140 Å². The van der Waals surface area contributed by atoms with Crippen LogP contribution in [0.2, 0.25) is 0 Å². The van der Waals surface area contributed by atoms with Gasteiger partial charge in [0.05, 0.1) is 18.9 Å². The van der Waals surface area contributed by atoms with Crippen LogP contribution in [0.3, 0.4) is 0 Å². The number of ether oxygens (including phenoxy) is 1. The largest absolute Gasteiger partial charge is 0.507 e. The van der Waals surface area contributed by atoms with Crippen LogP contribution < -0.4 is 4.74 Å². The number of aryl methyl sites for hydroxylation is 2. The Balaban J connectivity index is 2.10. The molecule has 1 aromatic heterocycles. The van der Waals surface area contributed by atoms with Gasteiger partial charge in [-0.1, -0.05) is 0 Å². The summed E-state index contributed by atoms with van der Waals surface area (Å²) >= 11 is 0. The number of ketones is 1. The third-order valence-electron chi connectivity index (χ3n) is 4.00. The molecule has 0 fully saturated rings. The molecule has 3 aromatic rings. The molecule has 2 aromatic carbocycles. The summed E-state index contributed by atoms with van der Waals surface area (Å²) in [6.45, 7) is 3.55. The van der Waals surface area contributed by atoms with Crippen LogP contribution in [-0.2, 0) is 0 Å². The number of phenols is 1. The number of phenolic OH excluding ortho intramolecular Hbond substituents is 1. The van der Waals surface area contributed by atoms with E-state index in [-0.39, 0.29) is 11.5 Å². The molecule has 0 aliphatic heterocycles. The highest BCUT2D eigenvalue weighted by atomic mass is 16.5. The topological polar surface area (TPSA) is 59.7 Å². The number of carbonyl (C=O) groups excluding carboxylic acids is 1. The van der Waals surface area contributed by atoms with Crippen molar-refractivity contribution >= 4 is 5.78 Å². The van der Waals surface area contributed by atoms with Crippen LogP contribution in [0.4, 0.5) is 0 Å². The molecule has 4 nitrogen and oxygen atoms in total. The molecule has 122 valence electrons. The number of carbonyl (C=O) groups is 1. The summed E-state index contributed by atoms with van der Waals surface area (Å²) in [7, 11) is 1.53. The quantitative estimate of drug-likeness (QED) is 0.718. The van der Waals surface area contributed by atoms with Crippen molar-refractivity contribution in [1.29, 1.82) is 0 Å². The maximum Gasteiger partial charge on any atom is 0.196 e. The van der Waals surface area contributed by atoms with Gasteiger partial charge in [0, 0.05) is 11.1 Å². The van der Waals surface area contributed by atoms with Gasteiger partial charge < -0.3 is 14.3 Å². The predicted octanol–water partition coefficient (Wildman–Crippen LogP) is 4.51. The van der Waals surface area contributed by atoms with Crippen molar-refractivity contribution in [2.75, 3.05) is 7.11 Å². The van der Waals surface area contributed by atoms with E-state index in [0.29, 0.717) is 33.8 Å². The lowest BCUT2D eigenvalue weighted by molar-refractivity contribution is 0.103. The van der Waals surface area contributed by atoms with Crippen molar-refractivity contribution in [3.05, 3.63) is 71.0 Å². The van der Waals surface area contributed by atoms with Gasteiger partial charge in [-0.3, -0.25) is 4.79 Å². The number of methoxy groups -OCH3 is 1. The highest BCUT2D eigenvalue weighted by molar-refractivity contribution is 6.11. The van der Waals surface area contributed by atoms with E-state index in [0.717, 1.165) is 5.56 Å². The lowest BCUT2D eigenvalue weighted by Crippen LogP contribution is -2.05. The van der Waals surface area contributed by atoms with Crippen LogP contribution in [-0.4, -0.2) is 18.0 Å². The van der Waals surface area contributed by atoms with E-state index in [1.165, 1.54) is 7.11 Å². The zero-order valence-corrected chi connectivity index (χ0v) is 13.8. The van der Waals surface area contributed by atoms with Crippen molar-refractivity contribution < 1.29 is 19.1 Å². The molecular formula is C20H18O4. The first-order valence-corrected chi connectivity index (χ1v) is 7.58. The standard InChI is InChI=1S/C20H18O4/c1-12-9-15(10-13(2)19(12)21)20(22)16-11-14(6-7-18(16)23-3)17-5-4-8-24-17/h4-11,21H,1-3H3. The van der Waals surface area contributed by atoms with Gasteiger partial charge in [-0.05, 0) is 67.4 Å². The molecule has 0 unspecified atom stereocenters. The molecule has 4 heteroatoms. The fourth-order valence-corrected chi connectivity index (χ4v) is 2.72. The second-order valence-electron chi connectivity index (χ2n) is 5.68. The van der Waals surface area contributed by atoms with Crippen molar-refractivity contribution in [3.8, 4) is 22.8 Å². The SMILES string of the molecule is COc1ccc(-c2ccco2)cc1C(=O)c1cc(C)c(O)c(C)c1. The highest BCUT2D eigenvalue weighted by Crippen LogP contribution is 2.30. The van der Waals surface area contributed by atoms with Crippen LogP contribution in [0.5, 0.6) is 11.5 Å². The average molecular weight is 322 g/mol. The molecule has 3 rings (SSSR count). The first kappa shape index (κ1) is 15.9. The molecule has 0 saturated heterocycles. The van der Waals surface area contributed by atoms with E-state index in [4.69, 9.17) is 9.15 Å². The van der Waals surface area contributed by atoms with Gasteiger partial charge in [-0.2, -0.15) is 0 Å². The lowest BCUT2D eigenvalue weighted by atomic mass is 9.96. The van der Waals surface area contributed by atoms with Gasteiger partial charge in [0.25, 0.3) is 0 Å². The second-order valence-corrected chi connectivity index (χ2v) is 5.68. The Morgan fingerprint density at radius 2 is 1.79 bits per heavy atom. The number of furan rings is 1. The van der Waals surface area contributed by atoms with Gasteiger partial charge in [0.15, 0.2) is 5.78 Å². The molecule has 1 heterocycles. The fourth-order valence-electron chi connectivity index (χ4n) is 2.72. The van der Waals surface area contributed by atoms with E-state index in [1.54, 1.807) is 50.4 Å². The van der Waals surface area contributed by atoms with Gasteiger partial charge in [-0.15, -0.1) is 0 Å². The number of benzene rings is 2. The summed E-state index contributed by atoms with van der Waals surface area (Å²) in [4.78, 5) is 13.0. The molecule has 0 amide bonds. The van der Waals surface area contributed by atoms with Crippen LogP contribution in [0, 0.1) is 13.8 Å². The molecule has 24 heavy (non-hydrogen) atoms. The highest BCUT2D eigenvalue weighted by Gasteiger charge is 2.18. The first-order chi connectivity index (χ1) is 11.5. The molecule has 0 bridgehead atoms. The van der Waals surface area contributed by atoms with Crippen molar-refractivity contribution in [3.63, 3.8) is 0 Å². The molecule has 0 radical (unpaired) electrons. The summed E-state index contributed by atoms with van der Waals surface area (Å²) in [6, 6.07) is 12.4. The molecule has 0 atom stereocenters. The zero-order chi connectivity index (χ0) is 17.3. The van der Waals surface area contributed by atoms with Crippen LogP contribution >= 0.6 is 0 Å². The molecule has 1 N–H and O–H groups in total. The van der Waals surface area contributed by atoms with Crippen molar-refractivity contribution in [2.45, 2.75) is 13.8 Å². The Kier molecular flexibility index (Phi) is 4.13. The molecule has 0 aliphatic carbocycles. The maximum absolute atomic E-state index is 13.0. The Morgan fingerprint density at radius 1 is 1.08 bits per heavy atom. The van der Waals surface area contributed by atoms with Gasteiger partial charge >= 0.3 is 0 Å². The van der Waals surface area contributed by atoms with E-state index in [1.807, 2.05) is 12.1 Å². The summed E-state index contributed by atoms with van der Waals surface area (Å²) in [5.41, 5.74) is 3.10. The van der Waals surface area contributed by atoms with Crippen LogP contribution in [0.25, 0.3) is 11.3 Å². The summed E-state index contributed by atoms with van der Waals surface area (Å²) < 4.78 is 10.7. The molecular weight excluding hydrogens is 304 g/mol. The number of rotatable bonds is 4. The summed E-state index contributed by atoms with van der Waals surface area (Å²) in [5, 5.41) is 9.90. The van der Waals surface area contributed by atoms with Crippen molar-refractivity contribution in [2.24, 2.45) is 0 Å². The van der Waals surface area contributed by atoms with Gasteiger partial charge in [-0.25, -0.2) is 0 Å². The number of hydrogen-bond donors (Lipinski definition) is 1. The first-order valence-electron chi connectivity index (χ1n) is 7.58. The smallest absolute Gasteiger partial charge is 0.196 e. The molecule has 0 saturated carbocycles. The van der Waals surface area contributed by atoms with E-state index >= 15 is 0 Å². The van der Waals surface area contributed by atoms with E-state index in [9.17, 15) is 9.90 Å². The Hall–Kier alpha value is -3.01. The van der Waals surface area contributed by atoms with E-state index < -0.39 is 0 Å². The van der Waals surface area contributed by atoms with E-state index in [2.05, 4.69) is 0 Å². The van der Waals surface area contributed by atoms with Crippen LogP contribution in [0.1, 0.15) is 27.0 Å². The minimum atomic E-state index is -0.161. The zero-order valence-electron chi connectivity index (χ0n) is 13.8. The fraction of sp³-hybridized carbons (Fsp3) is 0.150. The second kappa shape index (κ2) is 6.24. The monoisotopic (exact) mass is 322 g/mol. The molecule has 0 spiro atoms. The Bertz CT molecular complexity index is 869. The predicted molar refractivity (Wildman–Crippen MR) is 91.7 cm³/mol. The Morgan fingerprint density at radius 3 is 2.38 bits per heavy atom. The molecule has 0 aliphatic rings. The third-order valence-corrected chi connectivity index (χ3v) is 4.00. The average Bonchev–Trinajstić information content (AvgIpc) is 3.12. The number of aromatic hydroxyl groups is 1. The summed E-state index contributed by atoms with van der Waals surface area (Å²) in [6.07, 6.45) is 1.59. The third kappa shape index (κ3) is 2.78. The normalized spacial score (nSPS) is 10.6.